The van der Waals surface area contributed by atoms with Crippen LogP contribution in [0.25, 0.3) is 0 Å². The van der Waals surface area contributed by atoms with Gasteiger partial charge in [0.2, 0.25) is 10.0 Å². The van der Waals surface area contributed by atoms with E-state index in [1.54, 1.807) is 17.9 Å². The van der Waals surface area contributed by atoms with Crippen LogP contribution >= 0.6 is 11.3 Å². The zero-order valence-electron chi connectivity index (χ0n) is 14.0. The number of carbonyl (C=O) groups excluding carboxylic acids is 1. The van der Waals surface area contributed by atoms with Crippen molar-refractivity contribution in [3.63, 3.8) is 0 Å². The second-order valence-corrected chi connectivity index (χ2v) is 8.13. The Kier molecular flexibility index (Phi) is 5.50. The van der Waals surface area contributed by atoms with Crippen molar-refractivity contribution < 1.29 is 17.9 Å². The van der Waals surface area contributed by atoms with Crippen LogP contribution in [0.2, 0.25) is 0 Å². The maximum atomic E-state index is 12.5. The van der Waals surface area contributed by atoms with Crippen molar-refractivity contribution in [2.24, 2.45) is 0 Å². The molecule has 0 spiro atoms. The molecule has 7 nitrogen and oxygen atoms in total. The SMILES string of the molecule is COC(=O)c1sccc1S(=O)(=O)NCc1ccc(Cn2ccnc2)cc1. The highest BCUT2D eigenvalue weighted by Gasteiger charge is 2.24. The zero-order chi connectivity index (χ0) is 18.6. The van der Waals surface area contributed by atoms with E-state index in [2.05, 4.69) is 14.4 Å². The van der Waals surface area contributed by atoms with Crippen molar-refractivity contribution in [2.75, 3.05) is 7.11 Å². The molecule has 9 heteroatoms. The van der Waals surface area contributed by atoms with Crippen molar-refractivity contribution in [1.29, 1.82) is 0 Å². The predicted octanol–water partition coefficient (Wildman–Crippen LogP) is 2.26. The van der Waals surface area contributed by atoms with Gasteiger partial charge in [-0.25, -0.2) is 22.9 Å². The Bertz CT molecular complexity index is 977. The first-order valence-corrected chi connectivity index (χ1v) is 10.0. The minimum atomic E-state index is -3.80. The monoisotopic (exact) mass is 391 g/mol. The minimum Gasteiger partial charge on any atom is -0.465 e. The molecule has 0 aliphatic carbocycles. The van der Waals surface area contributed by atoms with E-state index in [1.807, 2.05) is 35.0 Å². The smallest absolute Gasteiger partial charge is 0.349 e. The van der Waals surface area contributed by atoms with Gasteiger partial charge in [0.05, 0.1) is 13.4 Å². The lowest BCUT2D eigenvalue weighted by Crippen LogP contribution is -2.24. The van der Waals surface area contributed by atoms with Gasteiger partial charge in [-0.05, 0) is 22.6 Å². The topological polar surface area (TPSA) is 90.3 Å². The molecule has 0 aliphatic rings. The van der Waals surface area contributed by atoms with Crippen LogP contribution in [0.1, 0.15) is 20.8 Å². The molecule has 26 heavy (non-hydrogen) atoms. The largest absolute Gasteiger partial charge is 0.465 e. The summed E-state index contributed by atoms with van der Waals surface area (Å²) in [7, 11) is -2.59. The molecule has 0 saturated carbocycles. The lowest BCUT2D eigenvalue weighted by molar-refractivity contribution is 0.0602. The van der Waals surface area contributed by atoms with Gasteiger partial charge >= 0.3 is 5.97 Å². The van der Waals surface area contributed by atoms with E-state index >= 15 is 0 Å². The molecule has 2 aromatic heterocycles. The fraction of sp³-hybridized carbons (Fsp3) is 0.176. The lowest BCUT2D eigenvalue weighted by atomic mass is 10.1. The molecule has 0 fully saturated rings. The van der Waals surface area contributed by atoms with Crippen LogP contribution in [0.4, 0.5) is 0 Å². The minimum absolute atomic E-state index is 0.0638. The Morgan fingerprint density at radius 3 is 2.62 bits per heavy atom. The van der Waals surface area contributed by atoms with Gasteiger partial charge in [0.15, 0.2) is 0 Å². The summed E-state index contributed by atoms with van der Waals surface area (Å²) in [6, 6.07) is 9.00. The Morgan fingerprint density at radius 1 is 1.23 bits per heavy atom. The van der Waals surface area contributed by atoms with E-state index in [-0.39, 0.29) is 16.3 Å². The molecule has 3 rings (SSSR count). The van der Waals surface area contributed by atoms with Crippen LogP contribution < -0.4 is 4.72 Å². The highest BCUT2D eigenvalue weighted by atomic mass is 32.2. The number of imidazole rings is 1. The van der Waals surface area contributed by atoms with Gasteiger partial charge in [-0.1, -0.05) is 24.3 Å². The number of sulfonamides is 1. The van der Waals surface area contributed by atoms with Gasteiger partial charge in [0.25, 0.3) is 0 Å². The molecule has 1 aromatic carbocycles. The summed E-state index contributed by atoms with van der Waals surface area (Å²) in [4.78, 5) is 15.7. The van der Waals surface area contributed by atoms with E-state index in [4.69, 9.17) is 0 Å². The van der Waals surface area contributed by atoms with Crippen LogP contribution in [0, 0.1) is 0 Å². The van der Waals surface area contributed by atoms with Crippen LogP contribution in [0.3, 0.4) is 0 Å². The van der Waals surface area contributed by atoms with Crippen LogP contribution in [-0.2, 0) is 27.8 Å². The van der Waals surface area contributed by atoms with Crippen molar-refractivity contribution in [1.82, 2.24) is 14.3 Å². The Balaban J connectivity index is 1.66. The van der Waals surface area contributed by atoms with Gasteiger partial charge in [-0.15, -0.1) is 11.3 Å². The first kappa shape index (κ1) is 18.3. The summed E-state index contributed by atoms with van der Waals surface area (Å²) in [5.41, 5.74) is 1.90. The van der Waals surface area contributed by atoms with Gasteiger partial charge < -0.3 is 9.30 Å². The highest BCUT2D eigenvalue weighted by molar-refractivity contribution is 7.89. The normalized spacial score (nSPS) is 11.4. The first-order chi connectivity index (χ1) is 12.5. The lowest BCUT2D eigenvalue weighted by Gasteiger charge is -2.08. The molecule has 0 saturated heterocycles. The quantitative estimate of drug-likeness (QED) is 0.624. The molecular formula is C17H17N3O4S2. The van der Waals surface area contributed by atoms with Crippen LogP contribution in [0.5, 0.6) is 0 Å². The summed E-state index contributed by atoms with van der Waals surface area (Å²) < 4.78 is 34.0. The zero-order valence-corrected chi connectivity index (χ0v) is 15.6. The molecule has 0 aliphatic heterocycles. The fourth-order valence-corrected chi connectivity index (χ4v) is 4.71. The molecule has 2 heterocycles. The predicted molar refractivity (Wildman–Crippen MR) is 97.5 cm³/mol. The number of esters is 1. The maximum absolute atomic E-state index is 12.5. The van der Waals surface area contributed by atoms with Crippen molar-refractivity contribution in [3.05, 3.63) is 70.4 Å². The number of hydrogen-bond acceptors (Lipinski definition) is 6. The molecule has 0 radical (unpaired) electrons. The van der Waals surface area contributed by atoms with E-state index in [1.165, 1.54) is 13.2 Å². The number of carbonyl (C=O) groups is 1. The van der Waals surface area contributed by atoms with Gasteiger partial charge in [-0.3, -0.25) is 0 Å². The third-order valence-electron chi connectivity index (χ3n) is 3.70. The van der Waals surface area contributed by atoms with Gasteiger partial charge in [-0.2, -0.15) is 0 Å². The average molecular weight is 391 g/mol. The molecule has 0 amide bonds. The average Bonchev–Trinajstić information content (AvgIpc) is 3.32. The summed E-state index contributed by atoms with van der Waals surface area (Å²) in [5, 5.41) is 1.55. The molecule has 0 bridgehead atoms. The number of benzene rings is 1. The molecule has 0 unspecified atom stereocenters. The summed E-state index contributed by atoms with van der Waals surface area (Å²) in [6.07, 6.45) is 5.33. The van der Waals surface area contributed by atoms with Crippen molar-refractivity contribution in [2.45, 2.75) is 18.0 Å². The molecule has 0 atom stereocenters. The van der Waals surface area contributed by atoms with Gasteiger partial charge in [0.1, 0.15) is 9.77 Å². The number of methoxy groups -OCH3 is 1. The van der Waals surface area contributed by atoms with Crippen molar-refractivity contribution >= 4 is 27.3 Å². The Morgan fingerprint density at radius 2 is 1.96 bits per heavy atom. The number of aromatic nitrogens is 2. The third-order valence-corrected chi connectivity index (χ3v) is 6.17. The number of thiophene rings is 1. The highest BCUT2D eigenvalue weighted by Crippen LogP contribution is 2.23. The number of nitrogens with one attached hydrogen (secondary N) is 1. The second kappa shape index (κ2) is 7.81. The van der Waals surface area contributed by atoms with Crippen LogP contribution in [0.15, 0.2) is 59.3 Å². The van der Waals surface area contributed by atoms with E-state index in [9.17, 15) is 13.2 Å². The number of nitrogens with zero attached hydrogens (tertiary/aromatic N) is 2. The van der Waals surface area contributed by atoms with Crippen LogP contribution in [-0.4, -0.2) is 31.0 Å². The molecule has 1 N–H and O–H groups in total. The third kappa shape index (κ3) is 4.18. The maximum Gasteiger partial charge on any atom is 0.349 e. The second-order valence-electron chi connectivity index (χ2n) is 5.48. The number of rotatable bonds is 7. The summed E-state index contributed by atoms with van der Waals surface area (Å²) in [5.74, 6) is -0.663. The molecule has 136 valence electrons. The first-order valence-electron chi connectivity index (χ1n) is 7.68. The number of ether oxygens (including phenoxy) is 1. The summed E-state index contributed by atoms with van der Waals surface area (Å²) >= 11 is 1.03. The Labute approximate surface area is 155 Å². The molecular weight excluding hydrogens is 374 g/mol. The van der Waals surface area contributed by atoms with E-state index in [0.29, 0.717) is 6.54 Å². The number of hydrogen-bond donors (Lipinski definition) is 1. The van der Waals surface area contributed by atoms with Gasteiger partial charge in [0, 0.05) is 25.5 Å². The van der Waals surface area contributed by atoms with Crippen molar-refractivity contribution in [3.8, 4) is 0 Å². The van der Waals surface area contributed by atoms with E-state index < -0.39 is 16.0 Å². The summed E-state index contributed by atoms with van der Waals surface area (Å²) in [6.45, 7) is 0.827. The fourth-order valence-electron chi connectivity index (χ4n) is 2.36. The molecule has 3 aromatic rings. The Hall–Kier alpha value is -2.49. The standard InChI is InChI=1S/C17H17N3O4S2/c1-24-17(21)16-15(6-9-25-16)26(22,23)19-10-13-2-4-14(5-3-13)11-20-8-7-18-12-20/h2-9,12,19H,10-11H2,1H3. The van der Waals surface area contributed by atoms with E-state index in [0.717, 1.165) is 22.5 Å².